The molecule has 1 aromatic rings. The molecular formula is C23H31ClO4. The first-order valence-electron chi connectivity index (χ1n) is 9.38. The van der Waals surface area contributed by atoms with E-state index in [2.05, 4.69) is 18.4 Å². The van der Waals surface area contributed by atoms with Crippen LogP contribution in [0.15, 0.2) is 28.2 Å². The molecule has 4 nitrogen and oxygen atoms in total. The molecular weight excluding hydrogens is 376 g/mol. The predicted octanol–water partition coefficient (Wildman–Crippen LogP) is 5.39. The van der Waals surface area contributed by atoms with Crippen LogP contribution in [0.4, 0.5) is 0 Å². The third-order valence-electron chi connectivity index (χ3n) is 4.00. The van der Waals surface area contributed by atoms with Gasteiger partial charge in [0.1, 0.15) is 29.3 Å². The van der Waals surface area contributed by atoms with E-state index >= 15 is 0 Å². The zero-order chi connectivity index (χ0) is 21.3. The number of esters is 1. The summed E-state index contributed by atoms with van der Waals surface area (Å²) in [6.07, 6.45) is 3.76. The summed E-state index contributed by atoms with van der Waals surface area (Å²) < 4.78 is 11.5. The number of aliphatic hydroxyl groups is 1. The van der Waals surface area contributed by atoms with Gasteiger partial charge in [-0.2, -0.15) is 0 Å². The van der Waals surface area contributed by atoms with Crippen LogP contribution in [-0.4, -0.2) is 29.2 Å². The molecule has 1 heterocycles. The molecule has 1 aromatic heterocycles. The van der Waals surface area contributed by atoms with Crippen LogP contribution in [0, 0.1) is 17.8 Å². The Kier molecular flexibility index (Phi) is 9.58. The fraction of sp³-hybridized carbons (Fsp3) is 0.522. The third kappa shape index (κ3) is 8.37. The van der Waals surface area contributed by atoms with E-state index in [1.807, 2.05) is 40.7 Å². The summed E-state index contributed by atoms with van der Waals surface area (Å²) in [6.45, 7) is 13.3. The Hall–Kier alpha value is -1.96. The number of halogens is 1. The van der Waals surface area contributed by atoms with Gasteiger partial charge in [-0.05, 0) is 59.1 Å². The highest BCUT2D eigenvalue weighted by Gasteiger charge is 2.25. The van der Waals surface area contributed by atoms with Gasteiger partial charge in [-0.1, -0.05) is 23.6 Å². The Balaban J connectivity index is 3.17. The topological polar surface area (TPSA) is 59.7 Å². The van der Waals surface area contributed by atoms with E-state index in [4.69, 9.17) is 25.9 Å². The predicted molar refractivity (Wildman–Crippen MR) is 114 cm³/mol. The molecule has 0 aliphatic carbocycles. The van der Waals surface area contributed by atoms with Gasteiger partial charge >= 0.3 is 5.97 Å². The molecule has 0 aromatic carbocycles. The first-order valence-corrected chi connectivity index (χ1v) is 9.92. The summed E-state index contributed by atoms with van der Waals surface area (Å²) in [4.78, 5) is 12.7. The molecule has 0 saturated carbocycles. The number of rotatable bonds is 8. The number of furan rings is 1. The van der Waals surface area contributed by atoms with Crippen molar-refractivity contribution in [3.8, 4) is 11.8 Å². The zero-order valence-electron chi connectivity index (χ0n) is 17.5. The Morgan fingerprint density at radius 1 is 1.39 bits per heavy atom. The second kappa shape index (κ2) is 11.1. The summed E-state index contributed by atoms with van der Waals surface area (Å²) in [5, 5.41) is 8.79. The van der Waals surface area contributed by atoms with Gasteiger partial charge in [0.05, 0.1) is 0 Å². The van der Waals surface area contributed by atoms with E-state index in [1.165, 1.54) is 0 Å². The van der Waals surface area contributed by atoms with Crippen molar-refractivity contribution in [2.45, 2.75) is 59.5 Å². The lowest BCUT2D eigenvalue weighted by Gasteiger charge is -2.20. The van der Waals surface area contributed by atoms with E-state index in [-0.39, 0.29) is 12.5 Å². The molecule has 5 heteroatoms. The van der Waals surface area contributed by atoms with E-state index < -0.39 is 11.6 Å². The molecule has 0 amide bonds. The number of allylic oxidation sites excluding steroid dienone is 2. The van der Waals surface area contributed by atoms with Crippen LogP contribution >= 0.6 is 11.6 Å². The Morgan fingerprint density at radius 2 is 2.07 bits per heavy atom. The van der Waals surface area contributed by atoms with Crippen LogP contribution in [0.25, 0.3) is 6.08 Å². The summed E-state index contributed by atoms with van der Waals surface area (Å²) in [6, 6.07) is 1.71. The summed E-state index contributed by atoms with van der Waals surface area (Å²) in [5.41, 5.74) is 1.76. The maximum atomic E-state index is 12.7. The summed E-state index contributed by atoms with van der Waals surface area (Å²) in [7, 11) is 0. The largest absolute Gasteiger partial charge is 0.461 e. The van der Waals surface area contributed by atoms with E-state index in [9.17, 15) is 4.79 Å². The van der Waals surface area contributed by atoms with Crippen LogP contribution in [-0.2, 0) is 11.2 Å². The quantitative estimate of drug-likeness (QED) is 0.272. The fourth-order valence-electron chi connectivity index (χ4n) is 2.60. The molecule has 1 atom stereocenters. The minimum absolute atomic E-state index is 0.103. The Morgan fingerprint density at radius 3 is 2.61 bits per heavy atom. The fourth-order valence-corrected chi connectivity index (χ4v) is 2.67. The SMILES string of the molecule is C=C(C)C(CCC#CCO)Cc1oc(/C=C(\C)CCl)cc1C(=O)OC(C)(C)C. The average molecular weight is 407 g/mol. The van der Waals surface area contributed by atoms with Crippen molar-refractivity contribution in [3.05, 3.63) is 40.9 Å². The molecule has 0 aliphatic heterocycles. The van der Waals surface area contributed by atoms with Gasteiger partial charge < -0.3 is 14.3 Å². The Bertz CT molecular complexity index is 769. The third-order valence-corrected chi connectivity index (χ3v) is 4.42. The van der Waals surface area contributed by atoms with Crippen molar-refractivity contribution < 1.29 is 19.1 Å². The standard InChI is InChI=1S/C23H31ClO4/c1-16(2)18(10-8-7-9-11-25)13-21-20(22(26)28-23(4,5)6)14-19(27-21)12-17(3)15-24/h12,14,18,25H,1,8,10-11,13,15H2,2-6H3/b17-12+. The van der Waals surface area contributed by atoms with Crippen molar-refractivity contribution in [1.82, 2.24) is 0 Å². The van der Waals surface area contributed by atoms with Crippen molar-refractivity contribution in [2.75, 3.05) is 12.5 Å². The molecule has 154 valence electrons. The normalized spacial score (nSPS) is 12.9. The number of alkyl halides is 1. The second-order valence-corrected chi connectivity index (χ2v) is 8.18. The van der Waals surface area contributed by atoms with Gasteiger partial charge in [0, 0.05) is 18.7 Å². The zero-order valence-corrected chi connectivity index (χ0v) is 18.3. The number of carbonyl (C=O) groups is 1. The number of aliphatic hydroxyl groups excluding tert-OH is 1. The van der Waals surface area contributed by atoms with Crippen LogP contribution in [0.1, 0.15) is 69.3 Å². The first-order chi connectivity index (χ1) is 13.1. The van der Waals surface area contributed by atoms with Gasteiger partial charge in [-0.25, -0.2) is 4.79 Å². The number of hydrogen-bond acceptors (Lipinski definition) is 4. The second-order valence-electron chi connectivity index (χ2n) is 7.91. The van der Waals surface area contributed by atoms with Crippen molar-refractivity contribution in [3.63, 3.8) is 0 Å². The van der Waals surface area contributed by atoms with Crippen molar-refractivity contribution in [1.29, 1.82) is 0 Å². The minimum Gasteiger partial charge on any atom is -0.461 e. The molecule has 1 unspecified atom stereocenters. The van der Waals surface area contributed by atoms with E-state index in [0.717, 1.165) is 17.6 Å². The van der Waals surface area contributed by atoms with Crippen molar-refractivity contribution in [2.24, 2.45) is 5.92 Å². The van der Waals surface area contributed by atoms with E-state index in [1.54, 1.807) is 6.07 Å². The molecule has 0 fully saturated rings. The van der Waals surface area contributed by atoms with Gasteiger partial charge in [0.2, 0.25) is 0 Å². The highest BCUT2D eigenvalue weighted by molar-refractivity contribution is 6.19. The lowest BCUT2D eigenvalue weighted by Crippen LogP contribution is -2.24. The van der Waals surface area contributed by atoms with Crippen LogP contribution in [0.5, 0.6) is 0 Å². The molecule has 0 spiro atoms. The maximum Gasteiger partial charge on any atom is 0.342 e. The van der Waals surface area contributed by atoms with Crippen LogP contribution in [0.2, 0.25) is 0 Å². The van der Waals surface area contributed by atoms with E-state index in [0.29, 0.717) is 35.8 Å². The molecule has 0 radical (unpaired) electrons. The maximum absolute atomic E-state index is 12.7. The lowest BCUT2D eigenvalue weighted by molar-refractivity contribution is 0.00670. The van der Waals surface area contributed by atoms with Crippen LogP contribution in [0.3, 0.4) is 0 Å². The molecule has 0 aliphatic rings. The van der Waals surface area contributed by atoms with Gasteiger partial charge in [-0.3, -0.25) is 0 Å². The number of carbonyl (C=O) groups excluding carboxylic acids is 1. The Labute approximate surface area is 173 Å². The molecule has 0 bridgehead atoms. The first kappa shape index (κ1) is 24.1. The molecule has 1 N–H and O–H groups in total. The van der Waals surface area contributed by atoms with Gasteiger partial charge in [0.15, 0.2) is 0 Å². The van der Waals surface area contributed by atoms with Gasteiger partial charge in [-0.15, -0.1) is 17.5 Å². The van der Waals surface area contributed by atoms with Crippen LogP contribution < -0.4 is 0 Å². The molecule has 1 rings (SSSR count). The average Bonchev–Trinajstić information content (AvgIpc) is 2.98. The highest BCUT2D eigenvalue weighted by atomic mass is 35.5. The molecule has 28 heavy (non-hydrogen) atoms. The molecule has 0 saturated heterocycles. The van der Waals surface area contributed by atoms with Gasteiger partial charge in [0.25, 0.3) is 0 Å². The minimum atomic E-state index is -0.596. The number of ether oxygens (including phenoxy) is 1. The summed E-state index contributed by atoms with van der Waals surface area (Å²) in [5.74, 6) is 6.81. The smallest absolute Gasteiger partial charge is 0.342 e. The monoisotopic (exact) mass is 406 g/mol. The number of hydrogen-bond donors (Lipinski definition) is 1. The summed E-state index contributed by atoms with van der Waals surface area (Å²) >= 11 is 5.86. The lowest BCUT2D eigenvalue weighted by atomic mass is 9.91. The van der Waals surface area contributed by atoms with Crippen molar-refractivity contribution >= 4 is 23.6 Å². The highest BCUT2D eigenvalue weighted by Crippen LogP contribution is 2.28.